The maximum Gasteiger partial charge on any atom is 0.251 e. The van der Waals surface area contributed by atoms with Gasteiger partial charge in [0.2, 0.25) is 0 Å². The lowest BCUT2D eigenvalue weighted by atomic mass is 10.1. The van der Waals surface area contributed by atoms with Crippen molar-refractivity contribution in [1.29, 1.82) is 0 Å². The molecule has 0 unspecified atom stereocenters. The minimum absolute atomic E-state index is 0.0592. The monoisotopic (exact) mass is 329 g/mol. The molecule has 0 spiro atoms. The van der Waals surface area contributed by atoms with E-state index in [1.165, 1.54) is 10.9 Å². The van der Waals surface area contributed by atoms with Gasteiger partial charge in [0.25, 0.3) is 5.91 Å². The maximum absolute atomic E-state index is 12.6. The Morgan fingerprint density at radius 2 is 1.88 bits per heavy atom. The number of rotatable bonds is 4. The topological polar surface area (TPSA) is 57.8 Å². The number of nitrogens with one attached hydrogen (secondary N) is 2. The van der Waals surface area contributed by atoms with Gasteiger partial charge in [-0.05, 0) is 43.2 Å². The standard InChI is InChI=1S/C21H19N3O/c1-14-15(16-6-2-3-9-20(16)24-14)11-13-23-21(25)18-7-4-10-19-17(18)8-5-12-22-19/h2-10,12,24H,11,13H2,1H3,(H,23,25). The predicted molar refractivity (Wildman–Crippen MR) is 101 cm³/mol. The van der Waals surface area contributed by atoms with Crippen molar-refractivity contribution in [2.75, 3.05) is 6.54 Å². The highest BCUT2D eigenvalue weighted by molar-refractivity contribution is 6.06. The molecule has 2 aromatic heterocycles. The summed E-state index contributed by atoms with van der Waals surface area (Å²) in [5, 5.41) is 5.15. The van der Waals surface area contributed by atoms with Crippen molar-refractivity contribution in [3.63, 3.8) is 0 Å². The Hall–Kier alpha value is -3.14. The van der Waals surface area contributed by atoms with E-state index in [-0.39, 0.29) is 5.91 Å². The number of para-hydroxylation sites is 1. The van der Waals surface area contributed by atoms with Gasteiger partial charge in [0.1, 0.15) is 0 Å². The molecule has 124 valence electrons. The number of amides is 1. The van der Waals surface area contributed by atoms with Gasteiger partial charge in [0, 0.05) is 40.3 Å². The van der Waals surface area contributed by atoms with E-state index in [1.807, 2.05) is 42.5 Å². The van der Waals surface area contributed by atoms with Crippen LogP contribution < -0.4 is 5.32 Å². The SMILES string of the molecule is Cc1[nH]c2ccccc2c1CCNC(=O)c1cccc2ncccc12. The van der Waals surface area contributed by atoms with Crippen LogP contribution >= 0.6 is 0 Å². The molecule has 0 aliphatic rings. The molecule has 0 aliphatic carbocycles. The van der Waals surface area contributed by atoms with Crippen LogP contribution in [-0.2, 0) is 6.42 Å². The van der Waals surface area contributed by atoms with Gasteiger partial charge < -0.3 is 10.3 Å². The fourth-order valence-corrected chi connectivity index (χ4v) is 3.35. The summed E-state index contributed by atoms with van der Waals surface area (Å²) in [6.45, 7) is 2.67. The lowest BCUT2D eigenvalue weighted by molar-refractivity contribution is 0.0956. The zero-order chi connectivity index (χ0) is 17.2. The third-order valence-corrected chi connectivity index (χ3v) is 4.58. The highest BCUT2D eigenvalue weighted by Gasteiger charge is 2.11. The summed E-state index contributed by atoms with van der Waals surface area (Å²) in [7, 11) is 0. The minimum atomic E-state index is -0.0592. The van der Waals surface area contributed by atoms with Gasteiger partial charge in [-0.25, -0.2) is 0 Å². The van der Waals surface area contributed by atoms with Gasteiger partial charge in [-0.15, -0.1) is 0 Å². The molecular formula is C21H19N3O. The van der Waals surface area contributed by atoms with Crippen molar-refractivity contribution in [3.8, 4) is 0 Å². The molecule has 2 aromatic carbocycles. The van der Waals surface area contributed by atoms with Crippen LogP contribution in [0.5, 0.6) is 0 Å². The number of hydrogen-bond donors (Lipinski definition) is 2. The highest BCUT2D eigenvalue weighted by Crippen LogP contribution is 2.22. The van der Waals surface area contributed by atoms with E-state index >= 15 is 0 Å². The normalized spacial score (nSPS) is 11.1. The lowest BCUT2D eigenvalue weighted by Crippen LogP contribution is -2.26. The Morgan fingerprint density at radius 3 is 2.80 bits per heavy atom. The van der Waals surface area contributed by atoms with Gasteiger partial charge in [-0.3, -0.25) is 9.78 Å². The number of carbonyl (C=O) groups is 1. The van der Waals surface area contributed by atoms with E-state index in [0.29, 0.717) is 12.1 Å². The van der Waals surface area contributed by atoms with E-state index in [0.717, 1.165) is 28.5 Å². The van der Waals surface area contributed by atoms with Crippen molar-refractivity contribution < 1.29 is 4.79 Å². The van der Waals surface area contributed by atoms with Gasteiger partial charge in [0.05, 0.1) is 5.52 Å². The molecule has 4 heteroatoms. The first kappa shape index (κ1) is 15.4. The fourth-order valence-electron chi connectivity index (χ4n) is 3.35. The Bertz CT molecular complexity index is 1060. The molecule has 25 heavy (non-hydrogen) atoms. The molecule has 4 aromatic rings. The fraction of sp³-hybridized carbons (Fsp3) is 0.143. The summed E-state index contributed by atoms with van der Waals surface area (Å²) >= 11 is 0. The smallest absolute Gasteiger partial charge is 0.251 e. The Balaban J connectivity index is 1.51. The van der Waals surface area contributed by atoms with Crippen molar-refractivity contribution >= 4 is 27.7 Å². The summed E-state index contributed by atoms with van der Waals surface area (Å²) in [6, 6.07) is 17.7. The van der Waals surface area contributed by atoms with Crippen molar-refractivity contribution in [2.24, 2.45) is 0 Å². The number of fused-ring (bicyclic) bond motifs is 2. The van der Waals surface area contributed by atoms with E-state index in [2.05, 4.69) is 34.3 Å². The number of aryl methyl sites for hydroxylation is 1. The third-order valence-electron chi connectivity index (χ3n) is 4.58. The van der Waals surface area contributed by atoms with Gasteiger partial charge >= 0.3 is 0 Å². The Labute approximate surface area is 145 Å². The molecule has 0 atom stereocenters. The molecule has 0 bridgehead atoms. The Kier molecular flexibility index (Phi) is 3.94. The zero-order valence-corrected chi connectivity index (χ0v) is 14.0. The molecule has 4 rings (SSSR count). The minimum Gasteiger partial charge on any atom is -0.358 e. The number of carbonyl (C=O) groups excluding carboxylic acids is 1. The van der Waals surface area contributed by atoms with Crippen LogP contribution in [0.15, 0.2) is 60.8 Å². The van der Waals surface area contributed by atoms with Crippen LogP contribution in [0.4, 0.5) is 0 Å². The van der Waals surface area contributed by atoms with Gasteiger partial charge in [0.15, 0.2) is 0 Å². The number of H-pyrrole nitrogens is 1. The molecule has 2 N–H and O–H groups in total. The molecule has 2 heterocycles. The second-order valence-electron chi connectivity index (χ2n) is 6.16. The average molecular weight is 329 g/mol. The average Bonchev–Trinajstić information content (AvgIpc) is 2.96. The molecule has 0 aliphatic heterocycles. The number of pyridine rings is 1. The number of aromatic amines is 1. The van der Waals surface area contributed by atoms with Crippen LogP contribution in [0.2, 0.25) is 0 Å². The number of benzene rings is 2. The molecule has 0 fully saturated rings. The number of aromatic nitrogens is 2. The van der Waals surface area contributed by atoms with Crippen LogP contribution in [0.1, 0.15) is 21.6 Å². The second kappa shape index (κ2) is 6.40. The summed E-state index contributed by atoms with van der Waals surface area (Å²) in [5.74, 6) is -0.0592. The second-order valence-corrected chi connectivity index (χ2v) is 6.16. The highest BCUT2D eigenvalue weighted by atomic mass is 16.1. The van der Waals surface area contributed by atoms with Crippen molar-refractivity contribution in [3.05, 3.63) is 77.6 Å². The molecular weight excluding hydrogens is 310 g/mol. The first-order valence-corrected chi connectivity index (χ1v) is 8.42. The molecule has 1 amide bonds. The van der Waals surface area contributed by atoms with Crippen molar-refractivity contribution in [2.45, 2.75) is 13.3 Å². The summed E-state index contributed by atoms with van der Waals surface area (Å²) in [5.41, 5.74) is 5.06. The quantitative estimate of drug-likeness (QED) is 0.594. The van der Waals surface area contributed by atoms with Crippen LogP contribution in [0, 0.1) is 6.92 Å². The first-order valence-electron chi connectivity index (χ1n) is 8.42. The summed E-state index contributed by atoms with van der Waals surface area (Å²) in [6.07, 6.45) is 2.54. The third kappa shape index (κ3) is 2.87. The largest absolute Gasteiger partial charge is 0.358 e. The molecule has 0 radical (unpaired) electrons. The maximum atomic E-state index is 12.6. The number of hydrogen-bond acceptors (Lipinski definition) is 2. The summed E-state index contributed by atoms with van der Waals surface area (Å²) < 4.78 is 0. The van der Waals surface area contributed by atoms with Gasteiger partial charge in [-0.2, -0.15) is 0 Å². The van der Waals surface area contributed by atoms with Crippen LogP contribution in [0.3, 0.4) is 0 Å². The van der Waals surface area contributed by atoms with Crippen LogP contribution in [0.25, 0.3) is 21.8 Å². The lowest BCUT2D eigenvalue weighted by Gasteiger charge is -2.08. The number of nitrogens with zero attached hydrogens (tertiary/aromatic N) is 1. The van der Waals surface area contributed by atoms with Gasteiger partial charge in [-0.1, -0.05) is 30.3 Å². The molecule has 0 saturated carbocycles. The van der Waals surface area contributed by atoms with Crippen LogP contribution in [-0.4, -0.2) is 22.4 Å². The Morgan fingerprint density at radius 1 is 1.04 bits per heavy atom. The zero-order valence-electron chi connectivity index (χ0n) is 14.0. The van der Waals surface area contributed by atoms with E-state index in [4.69, 9.17) is 0 Å². The van der Waals surface area contributed by atoms with Crippen molar-refractivity contribution in [1.82, 2.24) is 15.3 Å². The van der Waals surface area contributed by atoms with E-state index in [1.54, 1.807) is 6.20 Å². The predicted octanol–water partition coefficient (Wildman–Crippen LogP) is 4.00. The summed E-state index contributed by atoms with van der Waals surface area (Å²) in [4.78, 5) is 20.3. The van der Waals surface area contributed by atoms with E-state index in [9.17, 15) is 4.79 Å². The molecule has 0 saturated heterocycles. The van der Waals surface area contributed by atoms with E-state index < -0.39 is 0 Å². The molecule has 4 nitrogen and oxygen atoms in total. The first-order chi connectivity index (χ1) is 12.2.